The normalized spacial score (nSPS) is 11.1. The second-order valence-electron chi connectivity index (χ2n) is 2.86. The van der Waals surface area contributed by atoms with E-state index in [9.17, 15) is 4.48 Å². The summed E-state index contributed by atoms with van der Waals surface area (Å²) >= 11 is 0. The van der Waals surface area contributed by atoms with E-state index in [1.165, 1.54) is 6.20 Å². The molecule has 0 N–H and O–H groups in total. The van der Waals surface area contributed by atoms with Gasteiger partial charge in [-0.25, -0.2) is 4.98 Å². The van der Waals surface area contributed by atoms with Gasteiger partial charge in [-0.3, -0.25) is 0 Å². The quantitative estimate of drug-likeness (QED) is 0.707. The van der Waals surface area contributed by atoms with Gasteiger partial charge >= 0.3 is 0 Å². The van der Waals surface area contributed by atoms with E-state index in [2.05, 4.69) is 11.6 Å². The molecule has 0 unspecified atom stereocenters. The van der Waals surface area contributed by atoms with Crippen LogP contribution in [0.15, 0.2) is 49.0 Å². The minimum atomic E-state index is 0.455. The van der Waals surface area contributed by atoms with Crippen LogP contribution in [-0.2, 0) is 6.42 Å². The number of rotatable bonds is 4. The van der Waals surface area contributed by atoms with E-state index in [4.69, 9.17) is 0 Å². The van der Waals surface area contributed by atoms with Crippen molar-refractivity contribution in [3.63, 3.8) is 0 Å². The summed E-state index contributed by atoms with van der Waals surface area (Å²) in [6.07, 6.45) is 10.6. The molecular weight excluding hydrogens is 203 g/mol. The van der Waals surface area contributed by atoms with Crippen molar-refractivity contribution >= 4 is 0 Å². The molecule has 1 rings (SSSR count). The predicted octanol–water partition coefficient (Wildman–Crippen LogP) is 3.87. The third kappa shape index (κ3) is 5.29. The first-order chi connectivity index (χ1) is 7.76. The summed E-state index contributed by atoms with van der Waals surface area (Å²) in [6, 6.07) is 0. The predicted molar refractivity (Wildman–Crippen MR) is 66.9 cm³/mol. The molecule has 2 nitrogen and oxygen atoms in total. The van der Waals surface area contributed by atoms with Crippen molar-refractivity contribution in [1.82, 2.24) is 9.77 Å². The zero-order valence-corrected chi connectivity index (χ0v) is 10.2. The minimum absolute atomic E-state index is 0.455. The van der Waals surface area contributed by atoms with Crippen LogP contribution in [0.3, 0.4) is 0 Å². The van der Waals surface area contributed by atoms with Crippen molar-refractivity contribution in [3.8, 4) is 0 Å². The molecule has 16 heavy (non-hydrogen) atoms. The lowest BCUT2D eigenvalue weighted by molar-refractivity contribution is 0.368. The van der Waals surface area contributed by atoms with Crippen LogP contribution < -0.4 is 0 Å². The molecular formula is C13H19FN2. The van der Waals surface area contributed by atoms with Gasteiger partial charge in [0.2, 0.25) is 0 Å². The molecule has 0 saturated carbocycles. The van der Waals surface area contributed by atoms with E-state index < -0.39 is 0 Å². The van der Waals surface area contributed by atoms with E-state index in [1.54, 1.807) is 6.08 Å². The first-order valence-corrected chi connectivity index (χ1v) is 5.39. The molecule has 1 aromatic heterocycles. The van der Waals surface area contributed by atoms with E-state index in [0.717, 1.165) is 11.9 Å². The highest BCUT2D eigenvalue weighted by Crippen LogP contribution is 2.07. The summed E-state index contributed by atoms with van der Waals surface area (Å²) < 4.78 is 12.5. The Kier molecular flexibility index (Phi) is 7.76. The van der Waals surface area contributed by atoms with E-state index in [-0.39, 0.29) is 0 Å². The van der Waals surface area contributed by atoms with Gasteiger partial charge in [-0.1, -0.05) is 49.2 Å². The van der Waals surface area contributed by atoms with Gasteiger partial charge in [0, 0.05) is 6.42 Å². The lowest BCUT2D eigenvalue weighted by Crippen LogP contribution is -1.87. The number of hydrogen-bond acceptors (Lipinski definition) is 1. The largest absolute Gasteiger partial charge is 0.239 e. The van der Waals surface area contributed by atoms with Crippen molar-refractivity contribution in [3.05, 3.63) is 54.7 Å². The number of nitrogens with zero attached hydrogens (tertiary/aromatic N) is 2. The second kappa shape index (κ2) is 8.65. The highest BCUT2D eigenvalue weighted by Gasteiger charge is 1.99. The van der Waals surface area contributed by atoms with E-state index in [0.29, 0.717) is 16.9 Å². The molecule has 0 aliphatic rings. The summed E-state index contributed by atoms with van der Waals surface area (Å²) in [6.45, 7) is 9.55. The fraction of sp³-hybridized carbons (Fsp3) is 0.308. The summed E-state index contributed by atoms with van der Waals surface area (Å²) in [4.78, 5) is 4.35. The Bertz CT molecular complexity index is 362. The van der Waals surface area contributed by atoms with Gasteiger partial charge in [-0.2, -0.15) is 4.79 Å². The van der Waals surface area contributed by atoms with Gasteiger partial charge in [-0.05, 0) is 12.5 Å². The second-order valence-corrected chi connectivity index (χ2v) is 2.86. The molecule has 0 bridgehead atoms. The fourth-order valence-corrected chi connectivity index (χ4v) is 1.18. The summed E-state index contributed by atoms with van der Waals surface area (Å²) in [5.74, 6) is 0. The number of allylic oxidation sites excluding steroid dienone is 5. The van der Waals surface area contributed by atoms with Crippen LogP contribution >= 0.6 is 0 Å². The van der Waals surface area contributed by atoms with Crippen molar-refractivity contribution in [2.75, 3.05) is 0 Å². The minimum Gasteiger partial charge on any atom is -0.239 e. The van der Waals surface area contributed by atoms with Crippen LogP contribution in [0.2, 0.25) is 0 Å². The standard InChI is InChI=1S/C11H13FN2.C2H6/c1-3-5-10(6-4-2)7-11-8-14(12)9-13-11;1-2/h3-6,8-9H,1,7H2,2H3;1-2H3/b6-4-,10-5+;. The zero-order chi connectivity index (χ0) is 12.4. The van der Waals surface area contributed by atoms with Crippen molar-refractivity contribution < 1.29 is 4.48 Å². The van der Waals surface area contributed by atoms with Gasteiger partial charge in [0.1, 0.15) is 6.33 Å². The molecule has 0 aromatic carbocycles. The maximum atomic E-state index is 12.5. The molecule has 0 saturated heterocycles. The maximum absolute atomic E-state index is 12.5. The molecule has 0 radical (unpaired) electrons. The van der Waals surface area contributed by atoms with Crippen LogP contribution in [0.25, 0.3) is 0 Å². The Labute approximate surface area is 96.8 Å². The Morgan fingerprint density at radius 1 is 1.56 bits per heavy atom. The van der Waals surface area contributed by atoms with Gasteiger partial charge in [0.15, 0.2) is 0 Å². The van der Waals surface area contributed by atoms with Crippen LogP contribution in [0.5, 0.6) is 0 Å². The maximum Gasteiger partial charge on any atom is 0.126 e. The SMILES string of the molecule is C=C/C=C(\C=C/C)Cc1cn(F)cn1.CC. The lowest BCUT2D eigenvalue weighted by Gasteiger charge is -1.96. The molecule has 0 fully saturated rings. The van der Waals surface area contributed by atoms with E-state index in [1.807, 2.05) is 39.0 Å². The van der Waals surface area contributed by atoms with Crippen LogP contribution in [-0.4, -0.2) is 9.77 Å². The van der Waals surface area contributed by atoms with Crippen molar-refractivity contribution in [1.29, 1.82) is 0 Å². The monoisotopic (exact) mass is 222 g/mol. The zero-order valence-electron chi connectivity index (χ0n) is 10.2. The molecule has 0 amide bonds. The highest BCUT2D eigenvalue weighted by molar-refractivity contribution is 5.26. The Hall–Kier alpha value is -1.64. The fourth-order valence-electron chi connectivity index (χ4n) is 1.18. The number of halogens is 1. The summed E-state index contributed by atoms with van der Waals surface area (Å²) in [5, 5.41) is 0. The molecule has 0 aliphatic heterocycles. The lowest BCUT2D eigenvalue weighted by atomic mass is 10.1. The molecule has 0 spiro atoms. The van der Waals surface area contributed by atoms with Gasteiger partial charge < -0.3 is 0 Å². The number of aromatic nitrogens is 2. The summed E-state index contributed by atoms with van der Waals surface area (Å²) in [7, 11) is 0. The number of hydrogen-bond donors (Lipinski definition) is 0. The van der Waals surface area contributed by atoms with Crippen LogP contribution in [0.4, 0.5) is 4.48 Å². The molecule has 1 aromatic rings. The topological polar surface area (TPSA) is 17.8 Å². The summed E-state index contributed by atoms with van der Waals surface area (Å²) in [5.41, 5.74) is 1.76. The highest BCUT2D eigenvalue weighted by atomic mass is 19.2. The first kappa shape index (κ1) is 14.4. The number of imidazole rings is 1. The average molecular weight is 222 g/mol. The molecule has 88 valence electrons. The van der Waals surface area contributed by atoms with Crippen molar-refractivity contribution in [2.24, 2.45) is 0 Å². The first-order valence-electron chi connectivity index (χ1n) is 5.39. The molecule has 0 aliphatic carbocycles. The molecule has 0 atom stereocenters. The van der Waals surface area contributed by atoms with E-state index >= 15 is 0 Å². The van der Waals surface area contributed by atoms with Gasteiger partial charge in [0.25, 0.3) is 0 Å². The smallest absolute Gasteiger partial charge is 0.126 e. The third-order valence-corrected chi connectivity index (χ3v) is 1.70. The van der Waals surface area contributed by atoms with Crippen LogP contribution in [0.1, 0.15) is 26.5 Å². The average Bonchev–Trinajstić information content (AvgIpc) is 2.68. The Balaban J connectivity index is 0.00000106. The molecule has 3 heteroatoms. The third-order valence-electron chi connectivity index (χ3n) is 1.70. The van der Waals surface area contributed by atoms with Crippen LogP contribution in [0, 0.1) is 0 Å². The molecule has 1 heterocycles. The van der Waals surface area contributed by atoms with Crippen molar-refractivity contribution in [2.45, 2.75) is 27.2 Å². The van der Waals surface area contributed by atoms with Gasteiger partial charge in [-0.15, -0.1) is 0 Å². The van der Waals surface area contributed by atoms with Gasteiger partial charge in [0.05, 0.1) is 11.9 Å². The Morgan fingerprint density at radius 3 is 2.69 bits per heavy atom. The Morgan fingerprint density at radius 2 is 2.25 bits per heavy atom.